The van der Waals surface area contributed by atoms with Gasteiger partial charge in [-0.2, -0.15) is 0 Å². The maximum atomic E-state index is 14.8. The Hall–Kier alpha value is -4.98. The predicted octanol–water partition coefficient (Wildman–Crippen LogP) is 6.22. The van der Waals surface area contributed by atoms with E-state index in [4.69, 9.17) is 0 Å². The number of amides is 3. The molecule has 5 rings (SSSR count). The second-order valence-electron chi connectivity index (χ2n) is 10.4. The van der Waals surface area contributed by atoms with Gasteiger partial charge in [0.1, 0.15) is 5.82 Å². The van der Waals surface area contributed by atoms with Gasteiger partial charge >= 0.3 is 12.0 Å². The molecular formula is C34H32FN3O4. The lowest BCUT2D eigenvalue weighted by Gasteiger charge is -2.42. The largest absolute Gasteiger partial charge is 0.478 e. The van der Waals surface area contributed by atoms with Crippen LogP contribution in [0.15, 0.2) is 103 Å². The Morgan fingerprint density at radius 1 is 0.881 bits per heavy atom. The van der Waals surface area contributed by atoms with Crippen LogP contribution in [0.5, 0.6) is 0 Å². The Bertz CT molecular complexity index is 1580. The molecule has 1 unspecified atom stereocenters. The molecule has 42 heavy (non-hydrogen) atoms. The van der Waals surface area contributed by atoms with Gasteiger partial charge in [0.2, 0.25) is 5.91 Å². The summed E-state index contributed by atoms with van der Waals surface area (Å²) < 4.78 is 14.8. The van der Waals surface area contributed by atoms with E-state index in [0.29, 0.717) is 24.2 Å². The van der Waals surface area contributed by atoms with Crippen molar-refractivity contribution in [1.29, 1.82) is 0 Å². The van der Waals surface area contributed by atoms with Gasteiger partial charge in [0.05, 0.1) is 18.2 Å². The van der Waals surface area contributed by atoms with Crippen LogP contribution in [0.3, 0.4) is 0 Å². The lowest BCUT2D eigenvalue weighted by Crippen LogP contribution is -2.46. The van der Waals surface area contributed by atoms with Gasteiger partial charge in [0, 0.05) is 12.2 Å². The maximum Gasteiger partial charge on any atom is 0.335 e. The quantitative estimate of drug-likeness (QED) is 0.224. The fourth-order valence-corrected chi connectivity index (χ4v) is 5.67. The fourth-order valence-electron chi connectivity index (χ4n) is 5.67. The van der Waals surface area contributed by atoms with Crippen LogP contribution < -0.4 is 10.6 Å². The Morgan fingerprint density at radius 2 is 1.62 bits per heavy atom. The summed E-state index contributed by atoms with van der Waals surface area (Å²) in [7, 11) is 0. The van der Waals surface area contributed by atoms with Crippen LogP contribution in [0.1, 0.15) is 45.1 Å². The van der Waals surface area contributed by atoms with E-state index in [1.54, 1.807) is 23.1 Å². The molecule has 7 nitrogen and oxygen atoms in total. The van der Waals surface area contributed by atoms with Gasteiger partial charge in [-0.05, 0) is 71.7 Å². The third-order valence-corrected chi connectivity index (χ3v) is 7.66. The highest BCUT2D eigenvalue weighted by atomic mass is 19.1. The van der Waals surface area contributed by atoms with Gasteiger partial charge in [-0.15, -0.1) is 0 Å². The van der Waals surface area contributed by atoms with Crippen molar-refractivity contribution in [1.82, 2.24) is 10.2 Å². The summed E-state index contributed by atoms with van der Waals surface area (Å²) in [6, 6.07) is 29.4. The number of fused-ring (bicyclic) bond motifs is 1. The Kier molecular flexibility index (Phi) is 8.92. The number of rotatable bonds is 9. The van der Waals surface area contributed by atoms with Gasteiger partial charge in [-0.1, -0.05) is 78.9 Å². The van der Waals surface area contributed by atoms with E-state index < -0.39 is 12.0 Å². The zero-order valence-corrected chi connectivity index (χ0v) is 23.0. The standard InChI is InChI=1S/C34H32FN3O4/c35-30-16-7-5-12-25(30)19-26-18-17-24-11-4-6-15-29(24)32(26)38(22-23-9-2-1-3-10-23)31(39)21-36-34(42)37-28-14-8-13-27(20-28)33(40)41/h1-16,20,26,32H,17-19,21-22H2,(H,40,41)(H2,36,37,42)/t26-,32?/m0/s1. The van der Waals surface area contributed by atoms with Crippen molar-refractivity contribution in [2.75, 3.05) is 11.9 Å². The molecule has 4 aromatic rings. The zero-order valence-electron chi connectivity index (χ0n) is 23.0. The highest BCUT2D eigenvalue weighted by Crippen LogP contribution is 2.41. The van der Waals surface area contributed by atoms with Gasteiger partial charge in [0.25, 0.3) is 0 Å². The number of anilines is 1. The molecule has 214 valence electrons. The number of hydrogen-bond acceptors (Lipinski definition) is 3. The number of hydrogen-bond donors (Lipinski definition) is 3. The van der Waals surface area contributed by atoms with E-state index in [2.05, 4.69) is 16.7 Å². The summed E-state index contributed by atoms with van der Waals surface area (Å²) in [5.74, 6) is -1.70. The Morgan fingerprint density at radius 3 is 2.40 bits per heavy atom. The summed E-state index contributed by atoms with van der Waals surface area (Å²) in [5, 5.41) is 14.5. The number of carboxylic acids is 1. The molecule has 8 heteroatoms. The van der Waals surface area contributed by atoms with E-state index in [9.17, 15) is 23.9 Å². The number of halogens is 1. The van der Waals surface area contributed by atoms with Gasteiger partial charge in [0.15, 0.2) is 0 Å². The van der Waals surface area contributed by atoms with Crippen molar-refractivity contribution in [3.8, 4) is 0 Å². The lowest BCUT2D eigenvalue weighted by molar-refractivity contribution is -0.135. The Balaban J connectivity index is 1.41. The summed E-state index contributed by atoms with van der Waals surface area (Å²) >= 11 is 0. The zero-order chi connectivity index (χ0) is 29.5. The van der Waals surface area contributed by atoms with Crippen LogP contribution in [0.2, 0.25) is 0 Å². The number of nitrogens with zero attached hydrogens (tertiary/aromatic N) is 1. The van der Waals surface area contributed by atoms with Gasteiger partial charge < -0.3 is 20.6 Å². The minimum Gasteiger partial charge on any atom is -0.478 e. The summed E-state index contributed by atoms with van der Waals surface area (Å²) in [5.41, 5.74) is 4.07. The average Bonchev–Trinajstić information content (AvgIpc) is 3.00. The molecule has 3 amide bonds. The van der Waals surface area contributed by atoms with Crippen LogP contribution in [0.25, 0.3) is 0 Å². The minimum atomic E-state index is -1.11. The molecular weight excluding hydrogens is 533 g/mol. The molecule has 0 aliphatic heterocycles. The van der Waals surface area contributed by atoms with Crippen LogP contribution in [0.4, 0.5) is 14.9 Å². The first-order chi connectivity index (χ1) is 20.4. The first-order valence-corrected chi connectivity index (χ1v) is 13.9. The molecule has 2 atom stereocenters. The molecule has 3 N–H and O–H groups in total. The smallest absolute Gasteiger partial charge is 0.335 e. The molecule has 0 fully saturated rings. The monoisotopic (exact) mass is 565 g/mol. The number of aryl methyl sites for hydroxylation is 1. The molecule has 0 saturated carbocycles. The number of carboxylic acid groups (broad SMARTS) is 1. The molecule has 0 saturated heterocycles. The second-order valence-corrected chi connectivity index (χ2v) is 10.4. The number of carbonyl (C=O) groups excluding carboxylic acids is 2. The third-order valence-electron chi connectivity index (χ3n) is 7.66. The van der Waals surface area contributed by atoms with E-state index in [-0.39, 0.29) is 35.8 Å². The molecule has 0 heterocycles. The average molecular weight is 566 g/mol. The number of aromatic carboxylic acids is 1. The molecule has 0 aromatic heterocycles. The molecule has 0 bridgehead atoms. The predicted molar refractivity (Wildman–Crippen MR) is 159 cm³/mol. The number of urea groups is 1. The molecule has 4 aromatic carbocycles. The van der Waals surface area contributed by atoms with Gasteiger partial charge in [-0.3, -0.25) is 4.79 Å². The normalized spacial score (nSPS) is 15.7. The van der Waals surface area contributed by atoms with E-state index >= 15 is 0 Å². The topological polar surface area (TPSA) is 98.7 Å². The first-order valence-electron chi connectivity index (χ1n) is 13.9. The van der Waals surface area contributed by atoms with Gasteiger partial charge in [-0.25, -0.2) is 14.0 Å². The number of benzene rings is 4. The molecule has 0 radical (unpaired) electrons. The number of carbonyl (C=O) groups is 3. The van der Waals surface area contributed by atoms with Crippen LogP contribution >= 0.6 is 0 Å². The van der Waals surface area contributed by atoms with E-state index in [1.807, 2.05) is 54.6 Å². The van der Waals surface area contributed by atoms with Crippen LogP contribution in [0, 0.1) is 11.7 Å². The summed E-state index contributed by atoms with van der Waals surface area (Å²) in [6.07, 6.45) is 2.08. The fraction of sp³-hybridized carbons (Fsp3) is 0.206. The SMILES string of the molecule is O=C(NCC(=O)N(Cc1ccccc1)C1c2ccccc2CC[C@H]1Cc1ccccc1F)Nc1cccc(C(=O)O)c1. The van der Waals surface area contributed by atoms with Crippen LogP contribution in [-0.4, -0.2) is 34.5 Å². The lowest BCUT2D eigenvalue weighted by atomic mass is 9.76. The number of nitrogens with one attached hydrogen (secondary N) is 2. The molecule has 1 aliphatic rings. The maximum absolute atomic E-state index is 14.8. The Labute approximate surface area is 244 Å². The summed E-state index contributed by atoms with van der Waals surface area (Å²) in [4.78, 5) is 39.7. The van der Waals surface area contributed by atoms with Crippen molar-refractivity contribution in [3.63, 3.8) is 0 Å². The summed E-state index contributed by atoms with van der Waals surface area (Å²) in [6.45, 7) is 0.0405. The highest BCUT2D eigenvalue weighted by Gasteiger charge is 2.36. The van der Waals surface area contributed by atoms with Crippen molar-refractivity contribution < 1.29 is 23.9 Å². The highest BCUT2D eigenvalue weighted by molar-refractivity contribution is 5.94. The van der Waals surface area contributed by atoms with E-state index in [0.717, 1.165) is 29.5 Å². The molecule has 0 spiro atoms. The van der Waals surface area contributed by atoms with Crippen molar-refractivity contribution in [2.24, 2.45) is 5.92 Å². The first kappa shape index (κ1) is 28.5. The third kappa shape index (κ3) is 6.83. The van der Waals surface area contributed by atoms with Crippen molar-refractivity contribution in [2.45, 2.75) is 31.8 Å². The van der Waals surface area contributed by atoms with E-state index in [1.165, 1.54) is 24.3 Å². The minimum absolute atomic E-state index is 0.0368. The van der Waals surface area contributed by atoms with Crippen molar-refractivity contribution >= 4 is 23.6 Å². The van der Waals surface area contributed by atoms with Crippen molar-refractivity contribution in [3.05, 3.63) is 137 Å². The molecule has 1 aliphatic carbocycles. The second kappa shape index (κ2) is 13.1. The van der Waals surface area contributed by atoms with Crippen LogP contribution in [-0.2, 0) is 24.2 Å².